The number of nitrogens with one attached hydrogen (secondary N) is 1. The minimum Gasteiger partial charge on any atom is -0.479 e. The van der Waals surface area contributed by atoms with Gasteiger partial charge in [-0.1, -0.05) is 18.2 Å². The Balaban J connectivity index is 0.000000427. The van der Waals surface area contributed by atoms with Gasteiger partial charge in [0, 0.05) is 6.20 Å². The molecule has 172 valence electrons. The number of unbranched alkanes of at least 4 members (excludes halogenated alkanes) is 1. The summed E-state index contributed by atoms with van der Waals surface area (Å²) in [5, 5.41) is 15.8. The molecule has 0 radical (unpaired) electrons. The smallest absolute Gasteiger partial charge is 0.332 e. The maximum absolute atomic E-state index is 9.45. The third kappa shape index (κ3) is 6.35. The lowest BCUT2D eigenvalue weighted by Gasteiger charge is -2.34. The summed E-state index contributed by atoms with van der Waals surface area (Å²) in [4.78, 5) is 25.0. The van der Waals surface area contributed by atoms with Gasteiger partial charge in [-0.3, -0.25) is 9.88 Å². The molecule has 1 aliphatic carbocycles. The standard InChI is InChI=1S/C21H27N5.C3H6O3/c22-12-3-4-14-26(15-20-24-17-9-1-2-10-18(17)25-20)19-11-5-7-16-8-6-13-23-21(16)19;1-2(4)3(5)6/h1-2,6,8-10,13,19H,3-5,7,11-12,14-15,22H2,(H,24,25);2,4H,1H3,(H,5,6). The molecule has 0 saturated carbocycles. The van der Waals surface area contributed by atoms with Crippen molar-refractivity contribution in [3.63, 3.8) is 0 Å². The maximum Gasteiger partial charge on any atom is 0.332 e. The molecule has 1 aliphatic rings. The number of aryl methyl sites for hydroxylation is 1. The number of para-hydroxylation sites is 2. The topological polar surface area (TPSA) is 128 Å². The van der Waals surface area contributed by atoms with Crippen molar-refractivity contribution in [3.05, 3.63) is 59.7 Å². The van der Waals surface area contributed by atoms with E-state index in [0.717, 1.165) is 62.2 Å². The van der Waals surface area contributed by atoms with Crippen LogP contribution in [0, 0.1) is 0 Å². The van der Waals surface area contributed by atoms with Crippen LogP contribution in [-0.2, 0) is 17.8 Å². The van der Waals surface area contributed by atoms with E-state index in [1.165, 1.54) is 24.6 Å². The number of hydrogen-bond acceptors (Lipinski definition) is 6. The molecule has 1 aromatic carbocycles. The number of nitrogens with two attached hydrogens (primary N) is 1. The molecule has 0 bridgehead atoms. The second-order valence-corrected chi connectivity index (χ2v) is 8.14. The molecule has 2 heterocycles. The van der Waals surface area contributed by atoms with Gasteiger partial charge < -0.3 is 20.9 Å². The zero-order valence-electron chi connectivity index (χ0n) is 18.6. The van der Waals surface area contributed by atoms with Crippen molar-refractivity contribution in [1.29, 1.82) is 0 Å². The first-order chi connectivity index (χ1) is 15.5. The number of aromatic nitrogens is 3. The molecule has 0 fully saturated rings. The Bertz CT molecular complexity index is 971. The Hall–Kier alpha value is -2.81. The van der Waals surface area contributed by atoms with Gasteiger partial charge in [0.2, 0.25) is 0 Å². The molecule has 0 saturated heterocycles. The van der Waals surface area contributed by atoms with Gasteiger partial charge in [0.15, 0.2) is 0 Å². The number of benzene rings is 1. The van der Waals surface area contributed by atoms with Crippen LogP contribution < -0.4 is 5.73 Å². The van der Waals surface area contributed by atoms with Gasteiger partial charge in [0.05, 0.1) is 29.3 Å². The Morgan fingerprint density at radius 1 is 1.28 bits per heavy atom. The van der Waals surface area contributed by atoms with Crippen molar-refractivity contribution < 1.29 is 15.0 Å². The van der Waals surface area contributed by atoms with Gasteiger partial charge in [-0.2, -0.15) is 0 Å². The Kier molecular flexibility index (Phi) is 8.72. The molecule has 8 heteroatoms. The molecule has 0 amide bonds. The highest BCUT2D eigenvalue weighted by atomic mass is 16.4. The first-order valence-electron chi connectivity index (χ1n) is 11.2. The molecule has 32 heavy (non-hydrogen) atoms. The zero-order chi connectivity index (χ0) is 22.9. The monoisotopic (exact) mass is 439 g/mol. The summed E-state index contributed by atoms with van der Waals surface area (Å²) in [6.45, 7) is 3.79. The van der Waals surface area contributed by atoms with Crippen LogP contribution in [0.5, 0.6) is 0 Å². The number of aliphatic carboxylic acids is 1. The SMILES string of the molecule is CC(O)C(=O)O.NCCCCN(Cc1nc2ccccc2[nH]1)C1CCCc2cccnc21. The summed E-state index contributed by atoms with van der Waals surface area (Å²) in [5.41, 5.74) is 10.5. The summed E-state index contributed by atoms with van der Waals surface area (Å²) < 4.78 is 0. The average Bonchev–Trinajstić information content (AvgIpc) is 3.21. The number of rotatable bonds is 8. The first-order valence-corrected chi connectivity index (χ1v) is 11.2. The second-order valence-electron chi connectivity index (χ2n) is 8.14. The van der Waals surface area contributed by atoms with E-state index in [-0.39, 0.29) is 0 Å². The number of aliphatic hydroxyl groups is 1. The van der Waals surface area contributed by atoms with E-state index in [4.69, 9.17) is 25.9 Å². The van der Waals surface area contributed by atoms with Crippen molar-refractivity contribution in [3.8, 4) is 0 Å². The van der Waals surface area contributed by atoms with Gasteiger partial charge in [0.25, 0.3) is 0 Å². The van der Waals surface area contributed by atoms with Gasteiger partial charge in [-0.25, -0.2) is 9.78 Å². The molecule has 5 N–H and O–H groups in total. The van der Waals surface area contributed by atoms with Crippen LogP contribution in [0.15, 0.2) is 42.6 Å². The minimum atomic E-state index is -1.23. The predicted molar refractivity (Wildman–Crippen MR) is 124 cm³/mol. The molecular formula is C24H33N5O3. The van der Waals surface area contributed by atoms with Crippen LogP contribution in [0.25, 0.3) is 11.0 Å². The number of fused-ring (bicyclic) bond motifs is 2. The summed E-state index contributed by atoms with van der Waals surface area (Å²) >= 11 is 0. The van der Waals surface area contributed by atoms with Crippen LogP contribution in [0.2, 0.25) is 0 Å². The maximum atomic E-state index is 9.45. The third-order valence-electron chi connectivity index (χ3n) is 5.65. The molecule has 2 unspecified atom stereocenters. The Morgan fingerprint density at radius 2 is 2.06 bits per heavy atom. The fourth-order valence-electron chi connectivity index (χ4n) is 4.02. The number of aliphatic hydroxyl groups excluding tert-OH is 1. The number of nitrogens with zero attached hydrogens (tertiary/aromatic N) is 3. The number of imidazole rings is 1. The Labute approximate surface area is 188 Å². The lowest BCUT2D eigenvalue weighted by Crippen LogP contribution is -2.33. The molecule has 0 spiro atoms. The quantitative estimate of drug-likeness (QED) is 0.397. The van der Waals surface area contributed by atoms with E-state index in [0.29, 0.717) is 6.04 Å². The molecule has 4 rings (SSSR count). The van der Waals surface area contributed by atoms with Crippen molar-refractivity contribution in [2.75, 3.05) is 13.1 Å². The van der Waals surface area contributed by atoms with Gasteiger partial charge in [-0.15, -0.1) is 0 Å². The van der Waals surface area contributed by atoms with Crippen LogP contribution >= 0.6 is 0 Å². The van der Waals surface area contributed by atoms with E-state index in [2.05, 4.69) is 34.1 Å². The number of carboxylic acid groups (broad SMARTS) is 1. The fourth-order valence-corrected chi connectivity index (χ4v) is 4.02. The van der Waals surface area contributed by atoms with Gasteiger partial charge >= 0.3 is 5.97 Å². The fraction of sp³-hybridized carbons (Fsp3) is 0.458. The minimum absolute atomic E-state index is 0.367. The highest BCUT2D eigenvalue weighted by Gasteiger charge is 2.27. The lowest BCUT2D eigenvalue weighted by molar-refractivity contribution is -0.145. The summed E-state index contributed by atoms with van der Waals surface area (Å²) in [6, 6.07) is 12.9. The molecule has 2 atom stereocenters. The predicted octanol–water partition coefficient (Wildman–Crippen LogP) is 3.03. The summed E-state index contributed by atoms with van der Waals surface area (Å²) in [7, 11) is 0. The molecule has 2 aromatic heterocycles. The number of H-pyrrole nitrogens is 1. The number of carbonyl (C=O) groups is 1. The summed E-state index contributed by atoms with van der Waals surface area (Å²) in [5.74, 6) is -0.156. The van der Waals surface area contributed by atoms with Crippen molar-refractivity contribution in [2.45, 2.75) is 57.7 Å². The largest absolute Gasteiger partial charge is 0.479 e. The van der Waals surface area contributed by atoms with Crippen LogP contribution in [0.3, 0.4) is 0 Å². The molecule has 0 aliphatic heterocycles. The van der Waals surface area contributed by atoms with Gasteiger partial charge in [0.1, 0.15) is 11.9 Å². The van der Waals surface area contributed by atoms with E-state index in [1.54, 1.807) is 0 Å². The average molecular weight is 440 g/mol. The van der Waals surface area contributed by atoms with E-state index in [9.17, 15) is 4.79 Å². The van der Waals surface area contributed by atoms with Crippen LogP contribution in [0.1, 0.15) is 55.7 Å². The highest BCUT2D eigenvalue weighted by molar-refractivity contribution is 5.74. The van der Waals surface area contributed by atoms with Gasteiger partial charge in [-0.05, 0) is 75.9 Å². The normalized spacial score (nSPS) is 16.3. The highest BCUT2D eigenvalue weighted by Crippen LogP contribution is 2.33. The van der Waals surface area contributed by atoms with Crippen molar-refractivity contribution >= 4 is 17.0 Å². The second kappa shape index (κ2) is 11.7. The first kappa shape index (κ1) is 23.8. The molecule has 8 nitrogen and oxygen atoms in total. The van der Waals surface area contributed by atoms with E-state index >= 15 is 0 Å². The van der Waals surface area contributed by atoms with Crippen LogP contribution in [0.4, 0.5) is 0 Å². The molecule has 3 aromatic rings. The number of hydrogen-bond donors (Lipinski definition) is 4. The Morgan fingerprint density at radius 3 is 2.78 bits per heavy atom. The van der Waals surface area contributed by atoms with E-state index < -0.39 is 12.1 Å². The number of aromatic amines is 1. The van der Waals surface area contributed by atoms with Crippen LogP contribution in [-0.4, -0.2) is 55.2 Å². The number of carboxylic acids is 1. The van der Waals surface area contributed by atoms with Crippen molar-refractivity contribution in [2.24, 2.45) is 5.73 Å². The van der Waals surface area contributed by atoms with Crippen molar-refractivity contribution in [1.82, 2.24) is 19.9 Å². The zero-order valence-corrected chi connectivity index (χ0v) is 18.6. The number of pyridine rings is 1. The third-order valence-corrected chi connectivity index (χ3v) is 5.65. The summed E-state index contributed by atoms with van der Waals surface area (Å²) in [6.07, 6.45) is 6.37. The molecular weight excluding hydrogens is 406 g/mol. The lowest BCUT2D eigenvalue weighted by atomic mass is 9.90. The van der Waals surface area contributed by atoms with E-state index in [1.807, 2.05) is 18.3 Å².